The van der Waals surface area contributed by atoms with Gasteiger partial charge in [0, 0.05) is 11.4 Å². The first-order valence-corrected chi connectivity index (χ1v) is 10.2. The quantitative estimate of drug-likeness (QED) is 0.668. The Morgan fingerprint density at radius 2 is 1.96 bits per heavy atom. The summed E-state index contributed by atoms with van der Waals surface area (Å²) in [6.07, 6.45) is 1.39. The molecule has 0 aliphatic carbocycles. The van der Waals surface area contributed by atoms with Crippen LogP contribution in [-0.2, 0) is 9.84 Å². The van der Waals surface area contributed by atoms with Crippen LogP contribution in [0.4, 0.5) is 0 Å². The monoisotopic (exact) mass is 391 g/mol. The number of rotatable bonds is 7. The second kappa shape index (κ2) is 7.76. The second-order valence-electron chi connectivity index (χ2n) is 5.41. The van der Waals surface area contributed by atoms with Crippen molar-refractivity contribution in [3.8, 4) is 5.75 Å². The number of sulfone groups is 1. The van der Waals surface area contributed by atoms with Gasteiger partial charge in [0.05, 0.1) is 18.3 Å². The number of carbonyl (C=O) groups excluding carboxylic acids is 1. The fraction of sp³-hybridized carbons (Fsp3) is 0.167. The number of hydrogen-bond acceptors (Lipinski definition) is 6. The third kappa shape index (κ3) is 3.81. The molecule has 2 heterocycles. The summed E-state index contributed by atoms with van der Waals surface area (Å²) in [4.78, 5) is 12.9. The Morgan fingerprint density at radius 3 is 2.54 bits per heavy atom. The van der Waals surface area contributed by atoms with Crippen molar-refractivity contribution >= 4 is 27.1 Å². The fourth-order valence-corrected chi connectivity index (χ4v) is 5.23. The number of amides is 1. The predicted octanol–water partition coefficient (Wildman–Crippen LogP) is 3.29. The fourth-order valence-electron chi connectivity index (χ4n) is 2.45. The van der Waals surface area contributed by atoms with E-state index in [-0.39, 0.29) is 17.2 Å². The van der Waals surface area contributed by atoms with Crippen molar-refractivity contribution < 1.29 is 22.4 Å². The first-order valence-electron chi connectivity index (χ1n) is 7.75. The Kier molecular flexibility index (Phi) is 5.43. The van der Waals surface area contributed by atoms with Gasteiger partial charge in [-0.3, -0.25) is 4.79 Å². The number of ether oxygens (including phenoxy) is 1. The maximum atomic E-state index is 13.1. The van der Waals surface area contributed by atoms with E-state index in [1.807, 2.05) is 0 Å². The lowest BCUT2D eigenvalue weighted by atomic mass is 10.3. The molecule has 0 aliphatic heterocycles. The van der Waals surface area contributed by atoms with Gasteiger partial charge in [-0.15, -0.1) is 11.3 Å². The Balaban J connectivity index is 1.86. The van der Waals surface area contributed by atoms with Crippen molar-refractivity contribution in [2.24, 2.45) is 0 Å². The standard InChI is InChI=1S/C18H17NO5S2/c1-23-13-6-8-14(9-7-13)26(21,22)17(16-5-3-11-25-16)12-19-18(20)15-4-2-10-24-15/h2-11,17H,12H2,1H3,(H,19,20)/t17-/m0/s1. The molecule has 6 nitrogen and oxygen atoms in total. The molecule has 0 radical (unpaired) electrons. The third-order valence-electron chi connectivity index (χ3n) is 3.82. The molecule has 2 aromatic heterocycles. The van der Waals surface area contributed by atoms with Crippen LogP contribution in [0.5, 0.6) is 5.75 Å². The van der Waals surface area contributed by atoms with E-state index in [0.717, 1.165) is 0 Å². The highest BCUT2D eigenvalue weighted by molar-refractivity contribution is 7.91. The van der Waals surface area contributed by atoms with Gasteiger partial charge in [0.15, 0.2) is 15.6 Å². The van der Waals surface area contributed by atoms with Crippen LogP contribution >= 0.6 is 11.3 Å². The summed E-state index contributed by atoms with van der Waals surface area (Å²) < 4.78 is 36.4. The van der Waals surface area contributed by atoms with Crippen molar-refractivity contribution in [2.75, 3.05) is 13.7 Å². The molecule has 1 atom stereocenters. The summed E-state index contributed by atoms with van der Waals surface area (Å²) in [6.45, 7) is -0.0611. The molecule has 0 saturated carbocycles. The average Bonchev–Trinajstić information content (AvgIpc) is 3.35. The molecule has 1 amide bonds. The molecule has 0 bridgehead atoms. The number of thiophene rings is 1. The van der Waals surface area contributed by atoms with Crippen molar-refractivity contribution in [2.45, 2.75) is 10.1 Å². The molecule has 0 spiro atoms. The smallest absolute Gasteiger partial charge is 0.287 e. The first kappa shape index (κ1) is 18.2. The zero-order valence-corrected chi connectivity index (χ0v) is 15.5. The molecule has 0 unspecified atom stereocenters. The highest BCUT2D eigenvalue weighted by atomic mass is 32.2. The lowest BCUT2D eigenvalue weighted by Crippen LogP contribution is -2.31. The normalized spacial score (nSPS) is 12.5. The lowest BCUT2D eigenvalue weighted by molar-refractivity contribution is 0.0926. The van der Waals surface area contributed by atoms with Crippen LogP contribution in [0.2, 0.25) is 0 Å². The molecule has 0 saturated heterocycles. The van der Waals surface area contributed by atoms with Crippen LogP contribution in [0, 0.1) is 0 Å². The molecule has 1 N–H and O–H groups in total. The molecule has 8 heteroatoms. The number of methoxy groups -OCH3 is 1. The van der Waals surface area contributed by atoms with Crippen molar-refractivity contribution in [1.29, 1.82) is 0 Å². The van der Waals surface area contributed by atoms with E-state index in [4.69, 9.17) is 9.15 Å². The predicted molar refractivity (Wildman–Crippen MR) is 98.3 cm³/mol. The molecule has 1 aromatic carbocycles. The Labute approximate surface area is 155 Å². The largest absolute Gasteiger partial charge is 0.497 e. The molecule has 3 rings (SSSR count). The van der Waals surface area contributed by atoms with Gasteiger partial charge in [-0.1, -0.05) is 6.07 Å². The van der Waals surface area contributed by atoms with Crippen molar-refractivity contribution in [3.63, 3.8) is 0 Å². The summed E-state index contributed by atoms with van der Waals surface area (Å²) >= 11 is 1.33. The summed E-state index contributed by atoms with van der Waals surface area (Å²) in [5, 5.41) is 3.55. The van der Waals surface area contributed by atoms with Crippen LogP contribution in [0.1, 0.15) is 20.7 Å². The van der Waals surface area contributed by atoms with E-state index in [9.17, 15) is 13.2 Å². The Bertz CT molecular complexity index is 946. The summed E-state index contributed by atoms with van der Waals surface area (Å²) in [7, 11) is -2.19. The van der Waals surface area contributed by atoms with Gasteiger partial charge >= 0.3 is 0 Å². The molecular weight excluding hydrogens is 374 g/mol. The van der Waals surface area contributed by atoms with Gasteiger partial charge < -0.3 is 14.5 Å². The summed E-state index contributed by atoms with van der Waals surface area (Å²) in [6, 6.07) is 12.8. The van der Waals surface area contributed by atoms with Crippen molar-refractivity contribution in [3.05, 3.63) is 70.8 Å². The van der Waals surface area contributed by atoms with Gasteiger partial charge in [0.2, 0.25) is 0 Å². The number of nitrogens with one attached hydrogen (secondary N) is 1. The lowest BCUT2D eigenvalue weighted by Gasteiger charge is -2.17. The molecular formula is C18H17NO5S2. The van der Waals surface area contributed by atoms with Gasteiger partial charge in [0.1, 0.15) is 11.0 Å². The highest BCUT2D eigenvalue weighted by Crippen LogP contribution is 2.32. The number of hydrogen-bond donors (Lipinski definition) is 1. The van der Waals surface area contributed by atoms with Gasteiger partial charge in [-0.05, 0) is 47.8 Å². The van der Waals surface area contributed by atoms with E-state index in [0.29, 0.717) is 10.6 Å². The Hall–Kier alpha value is -2.58. The van der Waals surface area contributed by atoms with E-state index >= 15 is 0 Å². The molecule has 136 valence electrons. The van der Waals surface area contributed by atoms with Crippen LogP contribution in [-0.4, -0.2) is 28.0 Å². The van der Waals surface area contributed by atoms with Gasteiger partial charge in [-0.25, -0.2) is 8.42 Å². The SMILES string of the molecule is COc1ccc(S(=O)(=O)[C@@H](CNC(=O)c2ccco2)c2cccs2)cc1. The maximum absolute atomic E-state index is 13.1. The van der Waals surface area contributed by atoms with Crippen LogP contribution in [0.25, 0.3) is 0 Å². The zero-order valence-electron chi connectivity index (χ0n) is 13.9. The molecule has 0 aliphatic rings. The zero-order chi connectivity index (χ0) is 18.6. The van der Waals surface area contributed by atoms with E-state index < -0.39 is 21.0 Å². The maximum Gasteiger partial charge on any atom is 0.287 e. The van der Waals surface area contributed by atoms with Crippen LogP contribution in [0.3, 0.4) is 0 Å². The third-order valence-corrected chi connectivity index (χ3v) is 7.05. The molecule has 3 aromatic rings. The topological polar surface area (TPSA) is 85.6 Å². The van der Waals surface area contributed by atoms with Crippen molar-refractivity contribution in [1.82, 2.24) is 5.32 Å². The van der Waals surface area contributed by atoms with Gasteiger partial charge in [-0.2, -0.15) is 0 Å². The number of furan rings is 1. The highest BCUT2D eigenvalue weighted by Gasteiger charge is 2.30. The van der Waals surface area contributed by atoms with Gasteiger partial charge in [0.25, 0.3) is 5.91 Å². The van der Waals surface area contributed by atoms with E-state index in [2.05, 4.69) is 5.32 Å². The minimum absolute atomic E-state index is 0.0611. The van der Waals surface area contributed by atoms with Crippen LogP contribution < -0.4 is 10.1 Å². The number of carbonyl (C=O) groups is 1. The summed E-state index contributed by atoms with van der Waals surface area (Å²) in [5.41, 5.74) is 0. The number of benzene rings is 1. The minimum Gasteiger partial charge on any atom is -0.497 e. The molecule has 26 heavy (non-hydrogen) atoms. The minimum atomic E-state index is -3.70. The van der Waals surface area contributed by atoms with E-state index in [1.54, 1.807) is 35.7 Å². The second-order valence-corrected chi connectivity index (χ2v) is 8.52. The first-order chi connectivity index (χ1) is 12.5. The van der Waals surface area contributed by atoms with Crippen LogP contribution in [0.15, 0.2) is 69.5 Å². The van der Waals surface area contributed by atoms with E-state index in [1.165, 1.54) is 42.9 Å². The average molecular weight is 391 g/mol. The summed E-state index contributed by atoms with van der Waals surface area (Å²) in [5.74, 6) is 0.251. The Morgan fingerprint density at radius 1 is 1.19 bits per heavy atom. The molecule has 0 fully saturated rings.